The minimum absolute atomic E-state index is 0.108. The van der Waals surface area contributed by atoms with Gasteiger partial charge in [-0.15, -0.1) is 0 Å². The summed E-state index contributed by atoms with van der Waals surface area (Å²) in [6.45, 7) is 2.45. The lowest BCUT2D eigenvalue weighted by Crippen LogP contribution is -2.45. The van der Waals surface area contributed by atoms with Gasteiger partial charge in [-0.1, -0.05) is 18.2 Å². The van der Waals surface area contributed by atoms with E-state index in [9.17, 15) is 4.79 Å². The maximum Gasteiger partial charge on any atom is 0.245 e. The molecule has 2 aromatic carbocycles. The van der Waals surface area contributed by atoms with Gasteiger partial charge in [-0.25, -0.2) is 0 Å². The van der Waals surface area contributed by atoms with E-state index < -0.39 is 5.41 Å². The summed E-state index contributed by atoms with van der Waals surface area (Å²) in [6, 6.07) is 12.2. The first-order valence-electron chi connectivity index (χ1n) is 9.73. The SMILES string of the molecule is O=C1N(C[C@@H]2CCCO2)c2ccccc2[C@@]12COc1cc3c(cc12)CCO3. The van der Waals surface area contributed by atoms with Crippen LogP contribution in [0, 0.1) is 0 Å². The molecule has 1 amide bonds. The van der Waals surface area contributed by atoms with E-state index in [0.29, 0.717) is 19.8 Å². The molecule has 0 aromatic heterocycles. The molecule has 0 bridgehead atoms. The van der Waals surface area contributed by atoms with Gasteiger partial charge in [0.1, 0.15) is 23.5 Å². The number of para-hydroxylation sites is 1. The minimum atomic E-state index is -0.748. The van der Waals surface area contributed by atoms with E-state index in [0.717, 1.165) is 54.2 Å². The van der Waals surface area contributed by atoms with Crippen molar-refractivity contribution in [1.29, 1.82) is 0 Å². The van der Waals surface area contributed by atoms with Crippen molar-refractivity contribution in [3.8, 4) is 11.5 Å². The highest BCUT2D eigenvalue weighted by Crippen LogP contribution is 2.54. The summed E-state index contributed by atoms with van der Waals surface area (Å²) in [6.07, 6.45) is 3.08. The first-order chi connectivity index (χ1) is 13.3. The van der Waals surface area contributed by atoms with Gasteiger partial charge in [0.05, 0.1) is 19.3 Å². The van der Waals surface area contributed by atoms with Crippen molar-refractivity contribution in [3.05, 3.63) is 53.1 Å². The van der Waals surface area contributed by atoms with Crippen LogP contribution in [-0.4, -0.2) is 38.4 Å². The third-order valence-electron chi connectivity index (χ3n) is 6.37. The molecule has 6 rings (SSSR count). The summed E-state index contributed by atoms with van der Waals surface area (Å²) in [5, 5.41) is 0. The van der Waals surface area contributed by atoms with Crippen molar-refractivity contribution >= 4 is 11.6 Å². The number of rotatable bonds is 2. The first kappa shape index (κ1) is 15.5. The van der Waals surface area contributed by atoms with Crippen LogP contribution in [0.25, 0.3) is 0 Å². The van der Waals surface area contributed by atoms with E-state index in [2.05, 4.69) is 12.1 Å². The molecule has 138 valence electrons. The number of benzene rings is 2. The molecular formula is C22H21NO4. The second-order valence-corrected chi connectivity index (χ2v) is 7.82. The van der Waals surface area contributed by atoms with Crippen LogP contribution in [0.5, 0.6) is 11.5 Å². The van der Waals surface area contributed by atoms with E-state index in [1.807, 2.05) is 29.2 Å². The van der Waals surface area contributed by atoms with Crippen molar-refractivity contribution in [2.75, 3.05) is 31.3 Å². The number of hydrogen-bond acceptors (Lipinski definition) is 4. The highest BCUT2D eigenvalue weighted by atomic mass is 16.5. The summed E-state index contributed by atoms with van der Waals surface area (Å²) in [5.41, 5.74) is 3.44. The fourth-order valence-corrected chi connectivity index (χ4v) is 5.02. The number of ether oxygens (including phenoxy) is 3. The highest BCUT2D eigenvalue weighted by molar-refractivity contribution is 6.11. The molecule has 0 N–H and O–H groups in total. The Labute approximate surface area is 157 Å². The fourth-order valence-electron chi connectivity index (χ4n) is 5.02. The minimum Gasteiger partial charge on any atom is -0.493 e. The molecule has 2 atom stereocenters. The average molecular weight is 363 g/mol. The molecule has 0 radical (unpaired) electrons. The predicted molar refractivity (Wildman–Crippen MR) is 99.7 cm³/mol. The molecule has 2 aromatic rings. The van der Waals surface area contributed by atoms with Gasteiger partial charge in [0.25, 0.3) is 0 Å². The monoisotopic (exact) mass is 363 g/mol. The summed E-state index contributed by atoms with van der Waals surface area (Å²) in [7, 11) is 0. The second kappa shape index (κ2) is 5.49. The van der Waals surface area contributed by atoms with Gasteiger partial charge in [0.2, 0.25) is 5.91 Å². The lowest BCUT2D eigenvalue weighted by atomic mass is 9.76. The van der Waals surface area contributed by atoms with Gasteiger partial charge >= 0.3 is 0 Å². The zero-order chi connectivity index (χ0) is 18.0. The van der Waals surface area contributed by atoms with E-state index in [-0.39, 0.29) is 12.0 Å². The number of fused-ring (bicyclic) bond motifs is 5. The topological polar surface area (TPSA) is 48.0 Å². The highest BCUT2D eigenvalue weighted by Gasteiger charge is 2.57. The maximum atomic E-state index is 13.8. The van der Waals surface area contributed by atoms with Gasteiger partial charge in [-0.2, -0.15) is 0 Å². The van der Waals surface area contributed by atoms with Crippen molar-refractivity contribution in [2.45, 2.75) is 30.8 Å². The Morgan fingerprint density at radius 3 is 2.89 bits per heavy atom. The number of carbonyl (C=O) groups is 1. The predicted octanol–water partition coefficient (Wildman–Crippen LogP) is 2.83. The molecule has 1 fully saturated rings. The Morgan fingerprint density at radius 1 is 1.07 bits per heavy atom. The van der Waals surface area contributed by atoms with Gasteiger partial charge in [0, 0.05) is 30.3 Å². The second-order valence-electron chi connectivity index (χ2n) is 7.82. The third-order valence-corrected chi connectivity index (χ3v) is 6.37. The quantitative estimate of drug-likeness (QED) is 0.823. The molecule has 27 heavy (non-hydrogen) atoms. The molecule has 0 saturated carbocycles. The van der Waals surface area contributed by atoms with Crippen LogP contribution >= 0.6 is 0 Å². The summed E-state index contributed by atoms with van der Waals surface area (Å²) in [4.78, 5) is 15.7. The van der Waals surface area contributed by atoms with E-state index in [4.69, 9.17) is 14.2 Å². The molecular weight excluding hydrogens is 342 g/mol. The largest absolute Gasteiger partial charge is 0.493 e. The number of carbonyl (C=O) groups excluding carboxylic acids is 1. The van der Waals surface area contributed by atoms with Gasteiger partial charge in [-0.05, 0) is 36.1 Å². The zero-order valence-corrected chi connectivity index (χ0v) is 15.1. The standard InChI is InChI=1S/C22H21NO4/c24-21-22(13-27-20-11-19-14(7-9-26-19)10-17(20)22)16-5-1-2-6-18(16)23(21)12-15-4-3-8-25-15/h1-2,5-6,10-11,15H,3-4,7-9,12-13H2/t15-,22+/m0/s1. The van der Waals surface area contributed by atoms with Crippen LogP contribution in [0.1, 0.15) is 29.5 Å². The molecule has 1 spiro atoms. The molecule has 0 aliphatic carbocycles. The Hall–Kier alpha value is -2.53. The number of amides is 1. The maximum absolute atomic E-state index is 13.8. The van der Waals surface area contributed by atoms with E-state index >= 15 is 0 Å². The molecule has 0 unspecified atom stereocenters. The number of anilines is 1. The van der Waals surface area contributed by atoms with Crippen molar-refractivity contribution in [2.24, 2.45) is 0 Å². The van der Waals surface area contributed by atoms with Crippen molar-refractivity contribution in [1.82, 2.24) is 0 Å². The fraction of sp³-hybridized carbons (Fsp3) is 0.409. The Morgan fingerprint density at radius 2 is 2.00 bits per heavy atom. The van der Waals surface area contributed by atoms with E-state index in [1.54, 1.807) is 0 Å². The molecule has 5 nitrogen and oxygen atoms in total. The van der Waals surface area contributed by atoms with Crippen molar-refractivity contribution < 1.29 is 19.0 Å². The first-order valence-corrected chi connectivity index (χ1v) is 9.73. The molecule has 4 heterocycles. The molecule has 5 heteroatoms. The summed E-state index contributed by atoms with van der Waals surface area (Å²) < 4.78 is 17.6. The summed E-state index contributed by atoms with van der Waals surface area (Å²) in [5.74, 6) is 1.77. The Balaban J connectivity index is 1.49. The smallest absolute Gasteiger partial charge is 0.245 e. The lowest BCUT2D eigenvalue weighted by Gasteiger charge is -2.25. The van der Waals surface area contributed by atoms with Crippen LogP contribution in [0.3, 0.4) is 0 Å². The van der Waals surface area contributed by atoms with Gasteiger partial charge in [0.15, 0.2) is 0 Å². The Kier molecular flexibility index (Phi) is 3.15. The van der Waals surface area contributed by atoms with E-state index in [1.165, 1.54) is 5.56 Å². The molecule has 4 aliphatic rings. The Bertz CT molecular complexity index is 949. The number of nitrogens with zero attached hydrogens (tertiary/aromatic N) is 1. The van der Waals surface area contributed by atoms with Crippen LogP contribution in [0.15, 0.2) is 36.4 Å². The summed E-state index contributed by atoms with van der Waals surface area (Å²) >= 11 is 0. The lowest BCUT2D eigenvalue weighted by molar-refractivity contribution is -0.122. The van der Waals surface area contributed by atoms with Crippen LogP contribution in [-0.2, 0) is 21.4 Å². The van der Waals surface area contributed by atoms with Gasteiger partial charge < -0.3 is 19.1 Å². The van der Waals surface area contributed by atoms with Crippen LogP contribution in [0.2, 0.25) is 0 Å². The van der Waals surface area contributed by atoms with Crippen LogP contribution in [0.4, 0.5) is 5.69 Å². The number of hydrogen-bond donors (Lipinski definition) is 0. The van der Waals surface area contributed by atoms with Crippen molar-refractivity contribution in [3.63, 3.8) is 0 Å². The average Bonchev–Trinajstić information content (AvgIpc) is 3.46. The zero-order valence-electron chi connectivity index (χ0n) is 15.1. The molecule has 1 saturated heterocycles. The van der Waals surface area contributed by atoms with Gasteiger partial charge in [-0.3, -0.25) is 4.79 Å². The third kappa shape index (κ3) is 2.00. The van der Waals surface area contributed by atoms with Crippen LogP contribution < -0.4 is 14.4 Å². The molecule has 4 aliphatic heterocycles. The normalized spacial score (nSPS) is 27.5.